The summed E-state index contributed by atoms with van der Waals surface area (Å²) in [5.74, 6) is -1.99. The molecular formula is C21H16NO6P. The molecule has 0 heterocycles. The van der Waals surface area contributed by atoms with Gasteiger partial charge in [-0.2, -0.15) is 0 Å². The van der Waals surface area contributed by atoms with Crippen LogP contribution in [0.1, 0.15) is 26.3 Å². The third-order valence-corrected chi connectivity index (χ3v) is 5.49. The Hall–Kier alpha value is -3.70. The minimum absolute atomic E-state index is 0.0915. The van der Waals surface area contributed by atoms with Crippen molar-refractivity contribution in [3.8, 4) is 0 Å². The molecule has 0 aromatic heterocycles. The summed E-state index contributed by atoms with van der Waals surface area (Å²) in [5, 5.41) is 12.5. The van der Waals surface area contributed by atoms with E-state index in [1.807, 2.05) is 0 Å². The summed E-state index contributed by atoms with van der Waals surface area (Å²) in [5.41, 5.74) is -0.214. The quantitative estimate of drug-likeness (QED) is 0.273. The lowest BCUT2D eigenvalue weighted by Gasteiger charge is -2.18. The Morgan fingerprint density at radius 2 is 1.00 bits per heavy atom. The summed E-state index contributed by atoms with van der Waals surface area (Å²) >= 11 is 0. The molecule has 0 atom stereocenters. The van der Waals surface area contributed by atoms with E-state index in [4.69, 9.17) is 9.05 Å². The lowest BCUT2D eigenvalue weighted by molar-refractivity contribution is 0.0642. The van der Waals surface area contributed by atoms with E-state index in [-0.39, 0.29) is 16.7 Å². The molecule has 1 N–H and O–H groups in total. The number of carbonyl (C=O) groups excluding carboxylic acids is 2. The van der Waals surface area contributed by atoms with Gasteiger partial charge in [0.1, 0.15) is 0 Å². The van der Waals surface area contributed by atoms with Gasteiger partial charge in [-0.3, -0.25) is 0 Å². The molecule has 29 heavy (non-hydrogen) atoms. The Morgan fingerprint density at radius 3 is 1.34 bits per heavy atom. The average molecular weight is 409 g/mol. The van der Waals surface area contributed by atoms with Gasteiger partial charge in [-0.05, 0) is 24.3 Å². The molecule has 0 saturated carbocycles. The van der Waals surface area contributed by atoms with Crippen molar-refractivity contribution in [3.05, 3.63) is 108 Å². The summed E-state index contributed by atoms with van der Waals surface area (Å²) < 4.78 is 23.7. The van der Waals surface area contributed by atoms with Gasteiger partial charge in [0.25, 0.3) is 0 Å². The van der Waals surface area contributed by atoms with Crippen LogP contribution < -0.4 is 0 Å². The van der Waals surface area contributed by atoms with Gasteiger partial charge in [-0.15, -0.1) is 0 Å². The van der Waals surface area contributed by atoms with Crippen LogP contribution in [-0.2, 0) is 13.6 Å². The molecule has 3 aromatic carbocycles. The predicted octanol–water partition coefficient (Wildman–Crippen LogP) is 4.73. The number of hydrogen-bond donors (Lipinski definition) is 1. The standard InChI is InChI=1S/C21H16NO6P/c23-20(17-12-6-2-7-13-17)27-29(26,19(22-25)16-10-4-1-5-11-16)28-21(24)18-14-8-3-9-15-18/h1-15,25H/b22-19-. The van der Waals surface area contributed by atoms with Crippen LogP contribution in [-0.4, -0.2) is 22.6 Å². The Kier molecular flexibility index (Phi) is 6.22. The molecule has 0 aliphatic heterocycles. The smallest absolute Gasteiger partial charge is 0.410 e. The number of carbonyl (C=O) groups is 2. The topological polar surface area (TPSA) is 102 Å². The van der Waals surface area contributed by atoms with Crippen LogP contribution in [0.25, 0.3) is 0 Å². The van der Waals surface area contributed by atoms with E-state index >= 15 is 0 Å². The maximum Gasteiger partial charge on any atom is 0.490 e. The molecule has 0 aliphatic rings. The highest BCUT2D eigenvalue weighted by Crippen LogP contribution is 2.53. The van der Waals surface area contributed by atoms with E-state index in [9.17, 15) is 19.4 Å². The fourth-order valence-electron chi connectivity index (χ4n) is 2.44. The first-order chi connectivity index (χ1) is 14.0. The second-order valence-corrected chi connectivity index (χ2v) is 7.56. The summed E-state index contributed by atoms with van der Waals surface area (Å²) in [4.78, 5) is 25.0. The van der Waals surface area contributed by atoms with E-state index < -0.39 is 25.0 Å². The molecule has 8 heteroatoms. The van der Waals surface area contributed by atoms with E-state index in [0.717, 1.165) is 0 Å². The lowest BCUT2D eigenvalue weighted by Crippen LogP contribution is -2.16. The molecule has 0 unspecified atom stereocenters. The van der Waals surface area contributed by atoms with Crippen molar-refractivity contribution < 1.29 is 28.4 Å². The van der Waals surface area contributed by atoms with Crippen LogP contribution >= 0.6 is 7.60 Å². The fraction of sp³-hybridized carbons (Fsp3) is 0. The molecule has 0 amide bonds. The van der Waals surface area contributed by atoms with Crippen molar-refractivity contribution in [2.75, 3.05) is 0 Å². The third kappa shape index (κ3) is 4.78. The Morgan fingerprint density at radius 1 is 0.655 bits per heavy atom. The van der Waals surface area contributed by atoms with Crippen LogP contribution in [0.5, 0.6) is 0 Å². The molecule has 0 bridgehead atoms. The van der Waals surface area contributed by atoms with Crippen LogP contribution in [0, 0.1) is 0 Å². The Labute approximate surface area is 166 Å². The number of oxime groups is 1. The van der Waals surface area contributed by atoms with Gasteiger partial charge in [-0.1, -0.05) is 71.9 Å². The number of rotatable bonds is 6. The van der Waals surface area contributed by atoms with Gasteiger partial charge in [-0.25, -0.2) is 14.2 Å². The summed E-state index contributed by atoms with van der Waals surface area (Å²) in [6, 6.07) is 23.4. The zero-order valence-corrected chi connectivity index (χ0v) is 15.9. The highest BCUT2D eigenvalue weighted by Gasteiger charge is 2.41. The van der Waals surface area contributed by atoms with Gasteiger partial charge < -0.3 is 14.3 Å². The second kappa shape index (κ2) is 8.99. The van der Waals surface area contributed by atoms with Crippen molar-refractivity contribution in [3.63, 3.8) is 0 Å². The number of benzene rings is 3. The molecular weight excluding hydrogens is 393 g/mol. The Balaban J connectivity index is 1.99. The first-order valence-corrected chi connectivity index (χ1v) is 10.0. The summed E-state index contributed by atoms with van der Waals surface area (Å²) in [6.07, 6.45) is 0. The second-order valence-electron chi connectivity index (χ2n) is 5.78. The molecule has 0 spiro atoms. The van der Waals surface area contributed by atoms with Gasteiger partial charge in [0.2, 0.25) is 5.45 Å². The number of hydrogen-bond acceptors (Lipinski definition) is 7. The Bertz CT molecular complexity index is 1010. The summed E-state index contributed by atoms with van der Waals surface area (Å²) in [6.45, 7) is 0. The van der Waals surface area contributed by atoms with Crippen molar-refractivity contribution >= 4 is 25.0 Å². The minimum atomic E-state index is -4.69. The van der Waals surface area contributed by atoms with Crippen LogP contribution in [0.4, 0.5) is 0 Å². The molecule has 146 valence electrons. The van der Waals surface area contributed by atoms with Gasteiger partial charge in [0.05, 0.1) is 11.1 Å². The zero-order valence-electron chi connectivity index (χ0n) is 15.0. The molecule has 0 radical (unpaired) electrons. The molecule has 0 fully saturated rings. The minimum Gasteiger partial charge on any atom is -0.410 e. The lowest BCUT2D eigenvalue weighted by atomic mass is 10.2. The van der Waals surface area contributed by atoms with Crippen LogP contribution in [0.2, 0.25) is 0 Å². The predicted molar refractivity (Wildman–Crippen MR) is 106 cm³/mol. The molecule has 0 saturated heterocycles. The highest BCUT2D eigenvalue weighted by atomic mass is 31.2. The average Bonchev–Trinajstić information content (AvgIpc) is 2.76. The maximum atomic E-state index is 13.5. The maximum absolute atomic E-state index is 13.5. The third-order valence-electron chi connectivity index (χ3n) is 3.81. The van der Waals surface area contributed by atoms with E-state index in [1.54, 1.807) is 54.6 Å². The fourth-order valence-corrected chi connectivity index (χ4v) is 3.87. The first-order valence-electron chi connectivity index (χ1n) is 8.49. The van der Waals surface area contributed by atoms with Gasteiger partial charge in [0, 0.05) is 5.56 Å². The van der Waals surface area contributed by atoms with E-state index in [1.165, 1.54) is 36.4 Å². The highest BCUT2D eigenvalue weighted by molar-refractivity contribution is 7.73. The van der Waals surface area contributed by atoms with E-state index in [2.05, 4.69) is 5.16 Å². The molecule has 0 aliphatic carbocycles. The SMILES string of the molecule is O=C(OP(=O)(OC(=O)c1ccccc1)/C(=N\O)c1ccccc1)c1ccccc1. The molecule has 3 rings (SSSR count). The van der Waals surface area contributed by atoms with Crippen molar-refractivity contribution in [1.29, 1.82) is 0 Å². The summed E-state index contributed by atoms with van der Waals surface area (Å²) in [7, 11) is -4.69. The number of nitrogens with zero attached hydrogens (tertiary/aromatic N) is 1. The van der Waals surface area contributed by atoms with Crippen LogP contribution in [0.15, 0.2) is 96.2 Å². The van der Waals surface area contributed by atoms with Crippen LogP contribution in [0.3, 0.4) is 0 Å². The molecule has 3 aromatic rings. The zero-order chi connectivity index (χ0) is 20.7. The van der Waals surface area contributed by atoms with E-state index in [0.29, 0.717) is 0 Å². The monoisotopic (exact) mass is 409 g/mol. The largest absolute Gasteiger partial charge is 0.490 e. The van der Waals surface area contributed by atoms with Crippen molar-refractivity contribution in [1.82, 2.24) is 0 Å². The van der Waals surface area contributed by atoms with Crippen molar-refractivity contribution in [2.45, 2.75) is 0 Å². The first kappa shape index (κ1) is 20.0. The van der Waals surface area contributed by atoms with Gasteiger partial charge in [0.15, 0.2) is 0 Å². The molecule has 7 nitrogen and oxygen atoms in total. The van der Waals surface area contributed by atoms with Gasteiger partial charge >= 0.3 is 19.5 Å². The van der Waals surface area contributed by atoms with Crippen molar-refractivity contribution in [2.24, 2.45) is 5.16 Å². The normalized spacial score (nSPS) is 11.5.